The molecule has 1 aromatic carbocycles. The molecule has 0 saturated carbocycles. The zero-order valence-corrected chi connectivity index (χ0v) is 10.6. The lowest BCUT2D eigenvalue weighted by Crippen LogP contribution is -2.09. The number of nitrogens with zero attached hydrogens (tertiary/aromatic N) is 1. The molecular formula is C12H11F3N2O3. The highest BCUT2D eigenvalue weighted by Gasteiger charge is 2.36. The third-order valence-electron chi connectivity index (χ3n) is 2.69. The Balaban J connectivity index is 2.71. The lowest BCUT2D eigenvalue weighted by atomic mass is 10.0. The zero-order valence-electron chi connectivity index (χ0n) is 10.6. The quantitative estimate of drug-likeness (QED) is 0.940. The average Bonchev–Trinajstić information content (AvgIpc) is 2.82. The van der Waals surface area contributed by atoms with Gasteiger partial charge in [0.05, 0.1) is 26.0 Å². The van der Waals surface area contributed by atoms with Crippen LogP contribution in [0.3, 0.4) is 0 Å². The van der Waals surface area contributed by atoms with Gasteiger partial charge < -0.3 is 19.7 Å². The molecule has 1 aromatic heterocycles. The molecule has 0 radical (unpaired) electrons. The fourth-order valence-electron chi connectivity index (χ4n) is 1.80. The summed E-state index contributed by atoms with van der Waals surface area (Å²) in [5, 5.41) is 3.43. The van der Waals surface area contributed by atoms with Crippen molar-refractivity contribution in [2.45, 2.75) is 6.18 Å². The number of nitrogens with two attached hydrogens (primary N) is 1. The SMILES string of the molecule is COc1cc(-c2cnoc2N)cc(C(F)(F)F)c1OC. The maximum atomic E-state index is 13.1. The Hall–Kier alpha value is -2.38. The van der Waals surface area contributed by atoms with Crippen molar-refractivity contribution in [1.29, 1.82) is 0 Å². The van der Waals surface area contributed by atoms with E-state index in [2.05, 4.69) is 9.68 Å². The third-order valence-corrected chi connectivity index (χ3v) is 2.69. The first kappa shape index (κ1) is 14.0. The van der Waals surface area contributed by atoms with Gasteiger partial charge in [0.2, 0.25) is 5.88 Å². The largest absolute Gasteiger partial charge is 0.493 e. The molecule has 108 valence electrons. The second kappa shape index (κ2) is 4.95. The number of halogens is 3. The van der Waals surface area contributed by atoms with Crippen molar-refractivity contribution in [3.63, 3.8) is 0 Å². The lowest BCUT2D eigenvalue weighted by Gasteiger charge is -2.16. The molecule has 0 aliphatic carbocycles. The summed E-state index contributed by atoms with van der Waals surface area (Å²) < 4.78 is 53.6. The first-order valence-corrected chi connectivity index (χ1v) is 5.42. The summed E-state index contributed by atoms with van der Waals surface area (Å²) in [6.45, 7) is 0. The Morgan fingerprint density at radius 2 is 1.90 bits per heavy atom. The first-order valence-electron chi connectivity index (χ1n) is 5.42. The topological polar surface area (TPSA) is 70.5 Å². The molecular weight excluding hydrogens is 277 g/mol. The molecule has 0 aliphatic heterocycles. The van der Waals surface area contributed by atoms with E-state index in [1.807, 2.05) is 0 Å². The predicted molar refractivity (Wildman–Crippen MR) is 64.5 cm³/mol. The summed E-state index contributed by atoms with van der Waals surface area (Å²) in [7, 11) is 2.39. The van der Waals surface area contributed by atoms with Gasteiger partial charge in [-0.05, 0) is 17.7 Å². The molecule has 0 unspecified atom stereocenters. The zero-order chi connectivity index (χ0) is 14.9. The van der Waals surface area contributed by atoms with Crippen LogP contribution in [0.25, 0.3) is 11.1 Å². The number of alkyl halides is 3. The number of rotatable bonds is 3. The number of anilines is 1. The van der Waals surface area contributed by atoms with Crippen molar-refractivity contribution in [2.24, 2.45) is 0 Å². The number of hydrogen-bond donors (Lipinski definition) is 1. The number of methoxy groups -OCH3 is 2. The highest BCUT2D eigenvalue weighted by atomic mass is 19.4. The molecule has 2 rings (SSSR count). The molecule has 8 heteroatoms. The number of ether oxygens (including phenoxy) is 2. The third kappa shape index (κ3) is 2.36. The van der Waals surface area contributed by atoms with E-state index < -0.39 is 17.5 Å². The van der Waals surface area contributed by atoms with Gasteiger partial charge in [-0.1, -0.05) is 5.16 Å². The van der Waals surface area contributed by atoms with E-state index in [4.69, 9.17) is 15.2 Å². The van der Waals surface area contributed by atoms with Gasteiger partial charge in [0, 0.05) is 0 Å². The van der Waals surface area contributed by atoms with Gasteiger partial charge in [-0.3, -0.25) is 0 Å². The Bertz CT molecular complexity index is 623. The lowest BCUT2D eigenvalue weighted by molar-refractivity contribution is -0.138. The van der Waals surface area contributed by atoms with Crippen LogP contribution in [-0.4, -0.2) is 19.4 Å². The molecule has 1 heterocycles. The molecule has 0 aliphatic rings. The van der Waals surface area contributed by atoms with Crippen molar-refractivity contribution in [3.05, 3.63) is 23.9 Å². The highest BCUT2D eigenvalue weighted by Crippen LogP contribution is 2.44. The van der Waals surface area contributed by atoms with Crippen LogP contribution in [0, 0.1) is 0 Å². The van der Waals surface area contributed by atoms with Crippen LogP contribution in [0.1, 0.15) is 5.56 Å². The minimum absolute atomic E-state index is 0.0575. The number of aromatic nitrogens is 1. The number of nitrogen functional groups attached to an aromatic ring is 1. The second-order valence-electron chi connectivity index (χ2n) is 3.86. The van der Waals surface area contributed by atoms with Crippen LogP contribution in [0.2, 0.25) is 0 Å². The number of benzene rings is 1. The Morgan fingerprint density at radius 3 is 2.35 bits per heavy atom. The van der Waals surface area contributed by atoms with Crippen molar-refractivity contribution in [1.82, 2.24) is 5.16 Å². The molecule has 2 aromatic rings. The second-order valence-corrected chi connectivity index (χ2v) is 3.86. The molecule has 0 fully saturated rings. The van der Waals surface area contributed by atoms with E-state index >= 15 is 0 Å². The maximum Gasteiger partial charge on any atom is 0.420 e. The first-order chi connectivity index (χ1) is 9.38. The molecule has 2 N–H and O–H groups in total. The van der Waals surface area contributed by atoms with E-state index in [1.165, 1.54) is 19.4 Å². The standard InChI is InChI=1S/C12H11F3N2O3/c1-18-9-4-6(7-5-17-20-11(7)16)3-8(10(9)19-2)12(13,14)15/h3-5H,16H2,1-2H3. The minimum atomic E-state index is -4.60. The van der Waals surface area contributed by atoms with Crippen LogP contribution in [-0.2, 0) is 6.18 Å². The van der Waals surface area contributed by atoms with E-state index in [9.17, 15) is 13.2 Å². The minimum Gasteiger partial charge on any atom is -0.493 e. The molecule has 0 bridgehead atoms. The monoisotopic (exact) mass is 288 g/mol. The Labute approximate surface area is 112 Å². The van der Waals surface area contributed by atoms with Gasteiger partial charge in [0.15, 0.2) is 11.5 Å². The van der Waals surface area contributed by atoms with Gasteiger partial charge in [0.25, 0.3) is 0 Å². The normalized spacial score (nSPS) is 11.4. The summed E-state index contributed by atoms with van der Waals surface area (Å²) in [6.07, 6.45) is -3.36. The molecule has 0 spiro atoms. The van der Waals surface area contributed by atoms with E-state index in [0.29, 0.717) is 0 Å². The van der Waals surface area contributed by atoms with E-state index in [-0.39, 0.29) is 22.8 Å². The van der Waals surface area contributed by atoms with Crippen molar-refractivity contribution in [3.8, 4) is 22.6 Å². The van der Waals surface area contributed by atoms with Gasteiger partial charge in [-0.15, -0.1) is 0 Å². The van der Waals surface area contributed by atoms with Crippen LogP contribution < -0.4 is 15.2 Å². The summed E-state index contributed by atoms with van der Waals surface area (Å²) in [6, 6.07) is 2.28. The van der Waals surface area contributed by atoms with Gasteiger partial charge in [-0.2, -0.15) is 13.2 Å². The fourth-order valence-corrected chi connectivity index (χ4v) is 1.80. The molecule has 5 nitrogen and oxygen atoms in total. The molecule has 0 saturated heterocycles. The van der Waals surface area contributed by atoms with Gasteiger partial charge in [-0.25, -0.2) is 0 Å². The molecule has 0 atom stereocenters. The summed E-state index contributed by atoms with van der Waals surface area (Å²) in [4.78, 5) is 0. The van der Waals surface area contributed by atoms with E-state index in [0.717, 1.165) is 13.2 Å². The fraction of sp³-hybridized carbons (Fsp3) is 0.250. The van der Waals surface area contributed by atoms with Crippen molar-refractivity contribution >= 4 is 5.88 Å². The summed E-state index contributed by atoms with van der Waals surface area (Å²) >= 11 is 0. The van der Waals surface area contributed by atoms with Crippen molar-refractivity contribution < 1.29 is 27.2 Å². The van der Waals surface area contributed by atoms with Crippen LogP contribution in [0.4, 0.5) is 19.1 Å². The Kier molecular flexibility index (Phi) is 3.47. The summed E-state index contributed by atoms with van der Waals surface area (Å²) in [5.74, 6) is -0.526. The predicted octanol–water partition coefficient (Wildman–Crippen LogP) is 2.96. The smallest absolute Gasteiger partial charge is 0.420 e. The Morgan fingerprint density at radius 1 is 1.20 bits per heavy atom. The van der Waals surface area contributed by atoms with Crippen LogP contribution >= 0.6 is 0 Å². The average molecular weight is 288 g/mol. The van der Waals surface area contributed by atoms with Crippen LogP contribution in [0.5, 0.6) is 11.5 Å². The molecule has 20 heavy (non-hydrogen) atoms. The van der Waals surface area contributed by atoms with E-state index in [1.54, 1.807) is 0 Å². The van der Waals surface area contributed by atoms with Crippen molar-refractivity contribution in [2.75, 3.05) is 20.0 Å². The van der Waals surface area contributed by atoms with Crippen LogP contribution in [0.15, 0.2) is 22.9 Å². The summed E-state index contributed by atoms with van der Waals surface area (Å²) in [5.41, 5.74) is 4.97. The van der Waals surface area contributed by atoms with Gasteiger partial charge in [0.1, 0.15) is 5.56 Å². The maximum absolute atomic E-state index is 13.1. The number of hydrogen-bond acceptors (Lipinski definition) is 5. The van der Waals surface area contributed by atoms with Gasteiger partial charge >= 0.3 is 6.18 Å². The highest BCUT2D eigenvalue weighted by molar-refractivity contribution is 5.75. The molecule has 0 amide bonds.